The van der Waals surface area contributed by atoms with E-state index in [4.69, 9.17) is 0 Å². The second kappa shape index (κ2) is 12.0. The molecule has 0 aliphatic carbocycles. The molecule has 3 N–H and O–H groups in total. The van der Waals surface area contributed by atoms with Crippen molar-refractivity contribution in [3.63, 3.8) is 0 Å². The molecule has 1 rings (SSSR count). The number of amides is 3. The van der Waals surface area contributed by atoms with Gasteiger partial charge in [-0.25, -0.2) is 4.79 Å². The van der Waals surface area contributed by atoms with Crippen LogP contribution in [0.3, 0.4) is 0 Å². The number of nitrogens with one attached hydrogen (secondary N) is 2. The van der Waals surface area contributed by atoms with Crippen molar-refractivity contribution in [1.82, 2.24) is 15.5 Å². The third kappa shape index (κ3) is 7.21. The fourth-order valence-corrected chi connectivity index (χ4v) is 3.93. The van der Waals surface area contributed by atoms with Gasteiger partial charge in [-0.1, -0.05) is 34.1 Å². The van der Waals surface area contributed by atoms with Gasteiger partial charge in [0.2, 0.25) is 17.7 Å². The molecule has 166 valence electrons. The Kier molecular flexibility index (Phi) is 10.5. The van der Waals surface area contributed by atoms with E-state index in [9.17, 15) is 24.3 Å². The second-order valence-corrected chi connectivity index (χ2v) is 8.92. The third-order valence-corrected chi connectivity index (χ3v) is 6.01. The summed E-state index contributed by atoms with van der Waals surface area (Å²) in [6, 6.07) is -2.50. The van der Waals surface area contributed by atoms with Gasteiger partial charge in [-0.05, 0) is 36.7 Å². The number of carbonyl (C=O) groups excluding carboxylic acids is 3. The summed E-state index contributed by atoms with van der Waals surface area (Å²) in [7, 11) is 0. The summed E-state index contributed by atoms with van der Waals surface area (Å²) >= 11 is 1.50. The number of carbonyl (C=O) groups is 4. The summed E-state index contributed by atoms with van der Waals surface area (Å²) < 4.78 is 0. The molecule has 9 heteroatoms. The van der Waals surface area contributed by atoms with Gasteiger partial charge in [0.25, 0.3) is 0 Å². The van der Waals surface area contributed by atoms with Crippen molar-refractivity contribution in [2.24, 2.45) is 11.8 Å². The van der Waals surface area contributed by atoms with E-state index in [0.717, 1.165) is 6.42 Å². The zero-order chi connectivity index (χ0) is 22.1. The molecule has 1 aliphatic rings. The first-order valence-corrected chi connectivity index (χ1v) is 11.6. The first kappa shape index (κ1) is 25.3. The molecule has 1 heterocycles. The van der Waals surface area contributed by atoms with E-state index in [-0.39, 0.29) is 23.7 Å². The predicted molar refractivity (Wildman–Crippen MR) is 114 cm³/mol. The molecule has 1 fully saturated rings. The Morgan fingerprint density at radius 1 is 1.17 bits per heavy atom. The van der Waals surface area contributed by atoms with Gasteiger partial charge in [0.15, 0.2) is 0 Å². The van der Waals surface area contributed by atoms with Crippen LogP contribution in [0.4, 0.5) is 0 Å². The number of hydrogen-bond acceptors (Lipinski definition) is 5. The number of carboxylic acids is 1. The Bertz CT molecular complexity index is 599. The molecule has 0 radical (unpaired) electrons. The lowest BCUT2D eigenvalue weighted by Gasteiger charge is -2.33. The normalized spacial score (nSPS) is 18.3. The highest BCUT2D eigenvalue weighted by atomic mass is 32.2. The molecule has 0 unspecified atom stereocenters. The maximum Gasteiger partial charge on any atom is 0.326 e. The second-order valence-electron chi connectivity index (χ2n) is 7.93. The molecular weight excluding hydrogens is 394 g/mol. The highest BCUT2D eigenvalue weighted by Gasteiger charge is 2.38. The summed E-state index contributed by atoms with van der Waals surface area (Å²) in [5.74, 6) is -1.70. The number of rotatable bonds is 12. The van der Waals surface area contributed by atoms with Crippen LogP contribution in [0.25, 0.3) is 0 Å². The molecule has 0 aromatic rings. The van der Waals surface area contributed by atoms with Crippen LogP contribution in [-0.4, -0.2) is 70.4 Å². The van der Waals surface area contributed by atoms with Crippen LogP contribution >= 0.6 is 11.8 Å². The molecule has 0 aromatic carbocycles. The number of hydrogen-bond donors (Lipinski definition) is 3. The highest BCUT2D eigenvalue weighted by Crippen LogP contribution is 2.20. The summed E-state index contributed by atoms with van der Waals surface area (Å²) in [6.45, 7) is 8.02. The molecule has 4 atom stereocenters. The van der Waals surface area contributed by atoms with Crippen molar-refractivity contribution in [3.05, 3.63) is 0 Å². The van der Waals surface area contributed by atoms with Crippen LogP contribution in [0.2, 0.25) is 0 Å². The number of aliphatic carboxylic acids is 1. The average molecular weight is 430 g/mol. The molecular formula is C20H35N3O5S. The quantitative estimate of drug-likeness (QED) is 0.433. The number of thioether (sulfide) groups is 1. The van der Waals surface area contributed by atoms with Gasteiger partial charge in [-0.2, -0.15) is 11.8 Å². The monoisotopic (exact) mass is 429 g/mol. The Morgan fingerprint density at radius 3 is 2.28 bits per heavy atom. The Hall–Kier alpha value is -1.77. The minimum Gasteiger partial charge on any atom is -0.480 e. The topological polar surface area (TPSA) is 116 Å². The minimum absolute atomic E-state index is 0.0496. The van der Waals surface area contributed by atoms with Crippen molar-refractivity contribution in [2.75, 3.05) is 18.6 Å². The number of nitrogens with zero attached hydrogens (tertiary/aromatic N) is 1. The van der Waals surface area contributed by atoms with Crippen LogP contribution in [0.5, 0.6) is 0 Å². The average Bonchev–Trinajstić information content (AvgIpc) is 3.07. The van der Waals surface area contributed by atoms with Crippen molar-refractivity contribution in [1.29, 1.82) is 0 Å². The molecule has 8 nitrogen and oxygen atoms in total. The van der Waals surface area contributed by atoms with Gasteiger partial charge in [0.1, 0.15) is 18.1 Å². The molecule has 0 aromatic heterocycles. The van der Waals surface area contributed by atoms with Crippen molar-refractivity contribution < 1.29 is 24.3 Å². The zero-order valence-electron chi connectivity index (χ0n) is 18.1. The van der Waals surface area contributed by atoms with E-state index >= 15 is 0 Å². The Labute approximate surface area is 177 Å². The predicted octanol–water partition coefficient (Wildman–Crippen LogP) is 1.49. The maximum absolute atomic E-state index is 13.0. The van der Waals surface area contributed by atoms with Gasteiger partial charge in [-0.15, -0.1) is 0 Å². The largest absolute Gasteiger partial charge is 0.480 e. The van der Waals surface area contributed by atoms with Gasteiger partial charge in [0.05, 0.1) is 0 Å². The highest BCUT2D eigenvalue weighted by molar-refractivity contribution is 7.98. The lowest BCUT2D eigenvalue weighted by atomic mass is 9.95. The van der Waals surface area contributed by atoms with Crippen LogP contribution in [0, 0.1) is 11.8 Å². The van der Waals surface area contributed by atoms with E-state index in [1.54, 1.807) is 4.90 Å². The van der Waals surface area contributed by atoms with E-state index < -0.39 is 30.0 Å². The van der Waals surface area contributed by atoms with Gasteiger partial charge >= 0.3 is 5.97 Å². The molecule has 0 spiro atoms. The van der Waals surface area contributed by atoms with Crippen molar-refractivity contribution in [2.45, 2.75) is 71.5 Å². The summed E-state index contributed by atoms with van der Waals surface area (Å²) in [5.41, 5.74) is 0. The third-order valence-electron chi connectivity index (χ3n) is 5.36. The number of likely N-dealkylation sites (tertiary alicyclic amines) is 1. The van der Waals surface area contributed by atoms with Crippen molar-refractivity contribution in [3.8, 4) is 0 Å². The Balaban J connectivity index is 2.96. The summed E-state index contributed by atoms with van der Waals surface area (Å²) in [6.07, 6.45) is 3.96. The van der Waals surface area contributed by atoms with Crippen LogP contribution in [-0.2, 0) is 19.2 Å². The smallest absolute Gasteiger partial charge is 0.326 e. The number of carboxylic acid groups (broad SMARTS) is 1. The van der Waals surface area contributed by atoms with Gasteiger partial charge in [-0.3, -0.25) is 14.4 Å². The van der Waals surface area contributed by atoms with Gasteiger partial charge < -0.3 is 20.6 Å². The summed E-state index contributed by atoms with van der Waals surface area (Å²) in [4.78, 5) is 51.1. The first-order valence-electron chi connectivity index (χ1n) is 10.3. The Morgan fingerprint density at radius 2 is 1.83 bits per heavy atom. The minimum atomic E-state index is -1.09. The molecule has 29 heavy (non-hydrogen) atoms. The van der Waals surface area contributed by atoms with E-state index in [2.05, 4.69) is 10.6 Å². The molecule has 3 amide bonds. The summed E-state index contributed by atoms with van der Waals surface area (Å²) in [5, 5.41) is 14.8. The van der Waals surface area contributed by atoms with Crippen LogP contribution < -0.4 is 10.6 Å². The molecule has 0 bridgehead atoms. The van der Waals surface area contributed by atoms with Crippen LogP contribution in [0.1, 0.15) is 53.4 Å². The fraction of sp³-hybridized carbons (Fsp3) is 0.800. The van der Waals surface area contributed by atoms with E-state index in [1.165, 1.54) is 11.8 Å². The SMILES string of the molecule is CC[C@H](C)[C@H](NC(=O)[C@H](C(C)C)N1CCCC1=O)C(=O)N[C@@H](CCSC)C(=O)O. The van der Waals surface area contributed by atoms with E-state index in [1.807, 2.05) is 34.0 Å². The molecule has 0 saturated carbocycles. The molecule has 1 aliphatic heterocycles. The van der Waals surface area contributed by atoms with Crippen molar-refractivity contribution >= 4 is 35.5 Å². The zero-order valence-corrected chi connectivity index (χ0v) is 18.9. The van der Waals surface area contributed by atoms with E-state index in [0.29, 0.717) is 31.6 Å². The lowest BCUT2D eigenvalue weighted by molar-refractivity contribution is -0.143. The van der Waals surface area contributed by atoms with Gasteiger partial charge in [0, 0.05) is 13.0 Å². The molecule has 1 saturated heterocycles. The first-order chi connectivity index (χ1) is 13.6. The maximum atomic E-state index is 13.0. The fourth-order valence-electron chi connectivity index (χ4n) is 3.46. The standard InChI is InChI=1S/C20H35N3O5S/c1-6-13(4)16(18(25)21-14(20(27)28)9-11-29-5)22-19(26)17(12(2)3)23-10-7-8-15(23)24/h12-14,16-17H,6-11H2,1-5H3,(H,21,25)(H,22,26)(H,27,28)/t13-,14-,16-,17-/m0/s1. The van der Waals surface area contributed by atoms with Crippen LogP contribution in [0.15, 0.2) is 0 Å². The lowest BCUT2D eigenvalue weighted by Crippen LogP contribution is -2.58.